The molecule has 0 aliphatic carbocycles. The van der Waals surface area contributed by atoms with Crippen LogP contribution in [0, 0.1) is 5.92 Å². The molecule has 0 spiro atoms. The summed E-state index contributed by atoms with van der Waals surface area (Å²) in [5, 5.41) is 0. The van der Waals surface area contributed by atoms with Crippen LogP contribution in [-0.4, -0.2) is 18.1 Å². The Hall–Kier alpha value is -0.770. The summed E-state index contributed by atoms with van der Waals surface area (Å²) < 4.78 is 1.01. The van der Waals surface area contributed by atoms with E-state index in [1.807, 2.05) is 6.20 Å². The maximum Gasteiger partial charge on any atom is 0.0776 e. The molecule has 0 bridgehead atoms. The van der Waals surface area contributed by atoms with Crippen LogP contribution in [0.1, 0.15) is 32.6 Å². The smallest absolute Gasteiger partial charge is 0.0776 e. The van der Waals surface area contributed by atoms with Gasteiger partial charge in [-0.2, -0.15) is 0 Å². The Balaban J connectivity index is 2.05. The summed E-state index contributed by atoms with van der Waals surface area (Å²) in [4.78, 5) is 6.47. The van der Waals surface area contributed by atoms with Crippen LogP contribution in [0.2, 0.25) is 0 Å². The van der Waals surface area contributed by atoms with Gasteiger partial charge in [-0.25, -0.2) is 0 Å². The van der Waals surface area contributed by atoms with Crippen molar-refractivity contribution in [2.75, 3.05) is 23.7 Å². The van der Waals surface area contributed by atoms with Crippen LogP contribution in [0.5, 0.6) is 0 Å². The van der Waals surface area contributed by atoms with Crippen molar-refractivity contribution < 1.29 is 0 Å². The predicted octanol–water partition coefficient (Wildman–Crippen LogP) is 3.44. The second kappa shape index (κ2) is 5.71. The van der Waals surface area contributed by atoms with Gasteiger partial charge >= 0.3 is 0 Å². The normalized spacial score (nSPS) is 17.4. The van der Waals surface area contributed by atoms with Gasteiger partial charge in [-0.05, 0) is 34.7 Å². The molecule has 0 unspecified atom stereocenters. The lowest BCUT2D eigenvalue weighted by Gasteiger charge is -2.34. The molecule has 2 rings (SSSR count). The lowest BCUT2D eigenvalue weighted by Crippen LogP contribution is -2.34. The number of nitrogens with zero attached hydrogens (tertiary/aromatic N) is 2. The number of pyridine rings is 1. The molecule has 4 heteroatoms. The molecule has 0 saturated carbocycles. The summed E-state index contributed by atoms with van der Waals surface area (Å²) in [7, 11) is 0. The van der Waals surface area contributed by atoms with E-state index in [1.54, 1.807) is 6.20 Å². The van der Waals surface area contributed by atoms with Crippen LogP contribution in [0.3, 0.4) is 0 Å². The summed E-state index contributed by atoms with van der Waals surface area (Å²) in [6.07, 6.45) is 8.78. The Morgan fingerprint density at radius 2 is 2.12 bits per heavy atom. The van der Waals surface area contributed by atoms with Crippen molar-refractivity contribution in [3.8, 4) is 0 Å². The lowest BCUT2D eigenvalue weighted by atomic mass is 9.92. The molecule has 94 valence electrons. The highest BCUT2D eigenvalue weighted by Crippen LogP contribution is 2.34. The number of halogens is 1. The van der Waals surface area contributed by atoms with Crippen LogP contribution in [0.15, 0.2) is 16.9 Å². The average molecular weight is 298 g/mol. The van der Waals surface area contributed by atoms with Gasteiger partial charge in [0.2, 0.25) is 0 Å². The highest BCUT2D eigenvalue weighted by atomic mass is 79.9. The molecule has 2 heterocycles. The summed E-state index contributed by atoms with van der Waals surface area (Å²) in [5.41, 5.74) is 7.90. The number of nitrogen functional groups attached to an aromatic ring is 1. The monoisotopic (exact) mass is 297 g/mol. The van der Waals surface area contributed by atoms with Gasteiger partial charge < -0.3 is 10.6 Å². The van der Waals surface area contributed by atoms with Gasteiger partial charge in [-0.1, -0.05) is 19.8 Å². The third kappa shape index (κ3) is 2.92. The van der Waals surface area contributed by atoms with Crippen molar-refractivity contribution in [1.29, 1.82) is 0 Å². The molecular weight excluding hydrogens is 278 g/mol. The molecule has 3 nitrogen and oxygen atoms in total. The predicted molar refractivity (Wildman–Crippen MR) is 76.2 cm³/mol. The van der Waals surface area contributed by atoms with Crippen molar-refractivity contribution in [2.24, 2.45) is 5.92 Å². The van der Waals surface area contributed by atoms with E-state index in [4.69, 9.17) is 5.73 Å². The van der Waals surface area contributed by atoms with Gasteiger partial charge in [0.05, 0.1) is 22.0 Å². The first-order valence-electron chi connectivity index (χ1n) is 6.36. The van der Waals surface area contributed by atoms with Crippen LogP contribution >= 0.6 is 15.9 Å². The molecule has 1 saturated heterocycles. The van der Waals surface area contributed by atoms with E-state index in [1.165, 1.54) is 25.7 Å². The van der Waals surface area contributed by atoms with Gasteiger partial charge in [0.25, 0.3) is 0 Å². The van der Waals surface area contributed by atoms with E-state index >= 15 is 0 Å². The van der Waals surface area contributed by atoms with Crippen LogP contribution < -0.4 is 10.6 Å². The SMILES string of the molecule is CCCC1CCN(c2c(N)cncc2Br)CC1. The first-order valence-corrected chi connectivity index (χ1v) is 7.15. The van der Waals surface area contributed by atoms with E-state index in [0.717, 1.165) is 34.9 Å². The number of piperidine rings is 1. The third-order valence-corrected chi connectivity index (χ3v) is 4.11. The molecule has 0 atom stereocenters. The van der Waals surface area contributed by atoms with Gasteiger partial charge in [-0.3, -0.25) is 4.98 Å². The number of aromatic nitrogens is 1. The van der Waals surface area contributed by atoms with Crippen molar-refractivity contribution in [2.45, 2.75) is 32.6 Å². The molecule has 17 heavy (non-hydrogen) atoms. The summed E-state index contributed by atoms with van der Waals surface area (Å²) in [6.45, 7) is 4.48. The molecule has 0 radical (unpaired) electrons. The zero-order valence-electron chi connectivity index (χ0n) is 10.3. The zero-order valence-corrected chi connectivity index (χ0v) is 11.9. The minimum absolute atomic E-state index is 0.772. The number of nitrogens with two attached hydrogens (primary N) is 1. The van der Waals surface area contributed by atoms with E-state index < -0.39 is 0 Å². The fourth-order valence-corrected chi connectivity index (χ4v) is 3.23. The van der Waals surface area contributed by atoms with Crippen LogP contribution in [0.4, 0.5) is 11.4 Å². The molecule has 1 aliphatic rings. The average Bonchev–Trinajstić information content (AvgIpc) is 2.31. The number of hydrogen-bond donors (Lipinski definition) is 1. The fraction of sp³-hybridized carbons (Fsp3) is 0.615. The number of hydrogen-bond acceptors (Lipinski definition) is 3. The lowest BCUT2D eigenvalue weighted by molar-refractivity contribution is 0.378. The highest BCUT2D eigenvalue weighted by molar-refractivity contribution is 9.10. The Bertz CT molecular complexity index is 353. The standard InChI is InChI=1S/C13H20BrN3/c1-2-3-10-4-6-17(7-5-10)13-11(14)8-16-9-12(13)15/h8-10H,2-7,15H2,1H3. The largest absolute Gasteiger partial charge is 0.396 e. The van der Waals surface area contributed by atoms with Gasteiger partial charge in [0.1, 0.15) is 0 Å². The summed E-state index contributed by atoms with van der Waals surface area (Å²) >= 11 is 3.54. The molecule has 0 amide bonds. The Kier molecular flexibility index (Phi) is 4.26. The second-order valence-corrected chi connectivity index (χ2v) is 5.63. The molecule has 1 aliphatic heterocycles. The van der Waals surface area contributed by atoms with Gasteiger partial charge in [-0.15, -0.1) is 0 Å². The fourth-order valence-electron chi connectivity index (χ4n) is 2.63. The molecule has 2 N–H and O–H groups in total. The van der Waals surface area contributed by atoms with E-state index in [0.29, 0.717) is 0 Å². The van der Waals surface area contributed by atoms with E-state index in [-0.39, 0.29) is 0 Å². The maximum atomic E-state index is 6.01. The summed E-state index contributed by atoms with van der Waals surface area (Å²) in [6, 6.07) is 0. The molecular formula is C13H20BrN3. The van der Waals surface area contributed by atoms with E-state index in [9.17, 15) is 0 Å². The van der Waals surface area contributed by atoms with Crippen molar-refractivity contribution in [3.63, 3.8) is 0 Å². The van der Waals surface area contributed by atoms with Crippen LogP contribution in [-0.2, 0) is 0 Å². The van der Waals surface area contributed by atoms with Crippen molar-refractivity contribution in [1.82, 2.24) is 4.98 Å². The highest BCUT2D eigenvalue weighted by Gasteiger charge is 2.21. The number of rotatable bonds is 3. The molecule has 1 aromatic rings. The van der Waals surface area contributed by atoms with Crippen LogP contribution in [0.25, 0.3) is 0 Å². The zero-order chi connectivity index (χ0) is 12.3. The quantitative estimate of drug-likeness (QED) is 0.929. The van der Waals surface area contributed by atoms with Crippen molar-refractivity contribution >= 4 is 27.3 Å². The topological polar surface area (TPSA) is 42.1 Å². The first-order chi connectivity index (χ1) is 8.22. The van der Waals surface area contributed by atoms with Crippen molar-refractivity contribution in [3.05, 3.63) is 16.9 Å². The summed E-state index contributed by atoms with van der Waals surface area (Å²) in [5.74, 6) is 0.901. The Labute approximate surface area is 112 Å². The Morgan fingerprint density at radius 1 is 1.41 bits per heavy atom. The molecule has 0 aromatic carbocycles. The van der Waals surface area contributed by atoms with Gasteiger partial charge in [0, 0.05) is 19.3 Å². The molecule has 1 aromatic heterocycles. The third-order valence-electron chi connectivity index (χ3n) is 3.53. The minimum Gasteiger partial charge on any atom is -0.396 e. The molecule has 1 fully saturated rings. The van der Waals surface area contributed by atoms with E-state index in [2.05, 4.69) is 32.7 Å². The number of anilines is 2. The Morgan fingerprint density at radius 3 is 2.71 bits per heavy atom. The minimum atomic E-state index is 0.772. The first kappa shape index (κ1) is 12.7. The van der Waals surface area contributed by atoms with Gasteiger partial charge in [0.15, 0.2) is 0 Å². The maximum absolute atomic E-state index is 6.01. The second-order valence-electron chi connectivity index (χ2n) is 4.78.